The Morgan fingerprint density at radius 2 is 1.88 bits per heavy atom. The van der Waals surface area contributed by atoms with Gasteiger partial charge in [-0.15, -0.1) is 0 Å². The second-order valence-electron chi connectivity index (χ2n) is 6.11. The number of rotatable bonds is 6. The van der Waals surface area contributed by atoms with Crippen LogP contribution in [0.2, 0.25) is 0 Å². The van der Waals surface area contributed by atoms with Crippen LogP contribution >= 0.6 is 0 Å². The summed E-state index contributed by atoms with van der Waals surface area (Å²) in [5, 5.41) is 0. The zero-order valence-electron chi connectivity index (χ0n) is 14.0. The molecule has 136 valence electrons. The second-order valence-corrected chi connectivity index (χ2v) is 7.80. The summed E-state index contributed by atoms with van der Waals surface area (Å²) in [5.41, 5.74) is 6.66. The fraction of sp³-hybridized carbons (Fsp3) is 0.222. The van der Waals surface area contributed by atoms with E-state index in [1.807, 2.05) is 6.07 Å². The van der Waals surface area contributed by atoms with Crippen molar-refractivity contribution in [2.75, 3.05) is 11.3 Å². The zero-order chi connectivity index (χ0) is 18.7. The Balaban J connectivity index is 1.76. The molecule has 0 bridgehead atoms. The maximum absolute atomic E-state index is 12.5. The van der Waals surface area contributed by atoms with Crippen LogP contribution in [0.5, 0.6) is 0 Å². The number of anilines is 1. The Bertz CT molecular complexity index is 939. The summed E-state index contributed by atoms with van der Waals surface area (Å²) < 4.78 is 27.5. The average molecular weight is 373 g/mol. The SMILES string of the molecule is NC(=O)c1ccc(S(=O)(=O)Nc2cccc(CN3CCCC3=O)c2)cc1. The van der Waals surface area contributed by atoms with E-state index in [4.69, 9.17) is 5.73 Å². The first-order chi connectivity index (χ1) is 12.3. The van der Waals surface area contributed by atoms with Gasteiger partial charge in [-0.1, -0.05) is 12.1 Å². The second kappa shape index (κ2) is 7.17. The summed E-state index contributed by atoms with van der Waals surface area (Å²) in [6.07, 6.45) is 1.42. The van der Waals surface area contributed by atoms with Crippen LogP contribution in [-0.2, 0) is 21.4 Å². The van der Waals surface area contributed by atoms with Crippen molar-refractivity contribution in [1.29, 1.82) is 0 Å². The van der Waals surface area contributed by atoms with Gasteiger partial charge < -0.3 is 10.6 Å². The normalized spacial score (nSPS) is 14.5. The number of primary amides is 1. The molecule has 0 spiro atoms. The van der Waals surface area contributed by atoms with E-state index in [0.29, 0.717) is 18.7 Å². The monoisotopic (exact) mass is 373 g/mol. The van der Waals surface area contributed by atoms with Gasteiger partial charge in [-0.3, -0.25) is 14.3 Å². The predicted octanol–water partition coefficient (Wildman–Crippen LogP) is 1.71. The first-order valence-corrected chi connectivity index (χ1v) is 9.63. The Morgan fingerprint density at radius 1 is 1.15 bits per heavy atom. The van der Waals surface area contributed by atoms with E-state index in [1.165, 1.54) is 24.3 Å². The van der Waals surface area contributed by atoms with E-state index >= 15 is 0 Å². The van der Waals surface area contributed by atoms with E-state index in [9.17, 15) is 18.0 Å². The van der Waals surface area contributed by atoms with Gasteiger partial charge in [0, 0.05) is 30.8 Å². The number of likely N-dealkylation sites (tertiary alicyclic amines) is 1. The molecule has 1 heterocycles. The van der Waals surface area contributed by atoms with Gasteiger partial charge in [-0.25, -0.2) is 8.42 Å². The number of benzene rings is 2. The summed E-state index contributed by atoms with van der Waals surface area (Å²) in [6, 6.07) is 12.3. The minimum atomic E-state index is -3.79. The molecule has 0 unspecified atom stereocenters. The van der Waals surface area contributed by atoms with Crippen molar-refractivity contribution in [3.8, 4) is 0 Å². The van der Waals surface area contributed by atoms with Crippen LogP contribution in [0.15, 0.2) is 53.4 Å². The van der Waals surface area contributed by atoms with Gasteiger partial charge in [0.1, 0.15) is 0 Å². The molecule has 2 aromatic rings. The van der Waals surface area contributed by atoms with E-state index < -0.39 is 15.9 Å². The lowest BCUT2D eigenvalue weighted by molar-refractivity contribution is -0.128. The molecular weight excluding hydrogens is 354 g/mol. The van der Waals surface area contributed by atoms with Crippen LogP contribution in [0.4, 0.5) is 5.69 Å². The van der Waals surface area contributed by atoms with Gasteiger partial charge >= 0.3 is 0 Å². The summed E-state index contributed by atoms with van der Waals surface area (Å²) in [6.45, 7) is 1.18. The molecular formula is C18H19N3O4S. The third kappa shape index (κ3) is 4.02. The Morgan fingerprint density at radius 3 is 2.50 bits per heavy atom. The van der Waals surface area contributed by atoms with Crippen LogP contribution in [0.1, 0.15) is 28.8 Å². The molecule has 0 aliphatic carbocycles. The maximum atomic E-state index is 12.5. The quantitative estimate of drug-likeness (QED) is 0.803. The molecule has 2 amide bonds. The average Bonchev–Trinajstić information content (AvgIpc) is 3.00. The molecule has 0 radical (unpaired) electrons. The molecule has 0 aromatic heterocycles. The van der Waals surface area contributed by atoms with Crippen LogP contribution in [0.25, 0.3) is 0 Å². The minimum absolute atomic E-state index is 0.0302. The third-order valence-corrected chi connectivity index (χ3v) is 5.57. The first kappa shape index (κ1) is 17.9. The highest BCUT2D eigenvalue weighted by Gasteiger charge is 2.20. The Hall–Kier alpha value is -2.87. The number of hydrogen-bond donors (Lipinski definition) is 2. The predicted molar refractivity (Wildman–Crippen MR) is 96.9 cm³/mol. The number of nitrogens with zero attached hydrogens (tertiary/aromatic N) is 1. The van der Waals surface area contributed by atoms with Crippen LogP contribution in [0, 0.1) is 0 Å². The molecule has 26 heavy (non-hydrogen) atoms. The lowest BCUT2D eigenvalue weighted by atomic mass is 10.2. The highest BCUT2D eigenvalue weighted by Crippen LogP contribution is 2.20. The number of hydrogen-bond acceptors (Lipinski definition) is 4. The van der Waals surface area contributed by atoms with E-state index in [0.717, 1.165) is 18.5 Å². The molecule has 1 saturated heterocycles. The number of nitrogens with one attached hydrogen (secondary N) is 1. The maximum Gasteiger partial charge on any atom is 0.261 e. The lowest BCUT2D eigenvalue weighted by Gasteiger charge is -2.16. The minimum Gasteiger partial charge on any atom is -0.366 e. The van der Waals surface area contributed by atoms with Crippen LogP contribution in [-0.4, -0.2) is 31.7 Å². The number of carbonyl (C=O) groups excluding carboxylic acids is 2. The molecule has 0 saturated carbocycles. The van der Waals surface area contributed by atoms with E-state index in [2.05, 4.69) is 4.72 Å². The fourth-order valence-corrected chi connectivity index (χ4v) is 3.89. The number of nitrogens with two attached hydrogens (primary N) is 1. The topological polar surface area (TPSA) is 110 Å². The van der Waals surface area contributed by atoms with Gasteiger partial charge in [0.25, 0.3) is 10.0 Å². The van der Waals surface area contributed by atoms with Crippen molar-refractivity contribution >= 4 is 27.5 Å². The van der Waals surface area contributed by atoms with Crippen molar-refractivity contribution in [2.24, 2.45) is 5.73 Å². The first-order valence-electron chi connectivity index (χ1n) is 8.14. The summed E-state index contributed by atoms with van der Waals surface area (Å²) in [7, 11) is -3.79. The summed E-state index contributed by atoms with van der Waals surface area (Å²) >= 11 is 0. The third-order valence-electron chi connectivity index (χ3n) is 4.17. The van der Waals surface area contributed by atoms with Crippen molar-refractivity contribution in [3.63, 3.8) is 0 Å². The van der Waals surface area contributed by atoms with Gasteiger partial charge in [-0.05, 0) is 48.4 Å². The molecule has 0 atom stereocenters. The van der Waals surface area contributed by atoms with Crippen molar-refractivity contribution in [3.05, 3.63) is 59.7 Å². The zero-order valence-corrected chi connectivity index (χ0v) is 14.8. The summed E-state index contributed by atoms with van der Waals surface area (Å²) in [4.78, 5) is 24.6. The van der Waals surface area contributed by atoms with Crippen molar-refractivity contribution in [1.82, 2.24) is 4.90 Å². The van der Waals surface area contributed by atoms with E-state index in [-0.39, 0.29) is 16.4 Å². The Labute approximate surface area is 151 Å². The lowest BCUT2D eigenvalue weighted by Crippen LogP contribution is -2.23. The smallest absolute Gasteiger partial charge is 0.261 e. The van der Waals surface area contributed by atoms with Crippen molar-refractivity contribution < 1.29 is 18.0 Å². The van der Waals surface area contributed by atoms with Crippen LogP contribution < -0.4 is 10.5 Å². The highest BCUT2D eigenvalue weighted by atomic mass is 32.2. The number of carbonyl (C=O) groups is 2. The molecule has 1 fully saturated rings. The molecule has 1 aliphatic rings. The standard InChI is InChI=1S/C18H19N3O4S/c19-18(23)14-6-8-16(9-7-14)26(24,25)20-15-4-1-3-13(11-15)12-21-10-2-5-17(21)22/h1,3-4,6-9,11,20H,2,5,10,12H2,(H2,19,23). The molecule has 2 aromatic carbocycles. The largest absolute Gasteiger partial charge is 0.366 e. The molecule has 8 heteroatoms. The Kier molecular flexibility index (Phi) is 4.94. The molecule has 1 aliphatic heterocycles. The van der Waals surface area contributed by atoms with Crippen molar-refractivity contribution in [2.45, 2.75) is 24.3 Å². The molecule has 7 nitrogen and oxygen atoms in total. The van der Waals surface area contributed by atoms with Gasteiger partial charge in [0.2, 0.25) is 11.8 Å². The number of sulfonamides is 1. The number of amides is 2. The van der Waals surface area contributed by atoms with Gasteiger partial charge in [0.15, 0.2) is 0 Å². The summed E-state index contributed by atoms with van der Waals surface area (Å²) in [5.74, 6) is -0.503. The fourth-order valence-electron chi connectivity index (χ4n) is 2.84. The highest BCUT2D eigenvalue weighted by molar-refractivity contribution is 7.92. The van der Waals surface area contributed by atoms with Crippen LogP contribution in [0.3, 0.4) is 0 Å². The van der Waals surface area contributed by atoms with Gasteiger partial charge in [0.05, 0.1) is 4.90 Å². The molecule has 3 N–H and O–H groups in total. The van der Waals surface area contributed by atoms with E-state index in [1.54, 1.807) is 23.1 Å². The molecule has 3 rings (SSSR count). The van der Waals surface area contributed by atoms with Gasteiger partial charge in [-0.2, -0.15) is 0 Å².